The van der Waals surface area contributed by atoms with Crippen LogP contribution in [0.1, 0.15) is 25.3 Å². The van der Waals surface area contributed by atoms with E-state index in [1.165, 1.54) is 0 Å². The monoisotopic (exact) mass is 254 g/mol. The molecule has 0 saturated heterocycles. The average molecular weight is 254 g/mol. The molecular formula is C14H16F2O2. The highest BCUT2D eigenvalue weighted by atomic mass is 19.3. The zero-order valence-corrected chi connectivity index (χ0v) is 10.5. The van der Waals surface area contributed by atoms with Crippen LogP contribution in [0.3, 0.4) is 0 Å². The summed E-state index contributed by atoms with van der Waals surface area (Å²) in [5, 5.41) is 0. The van der Waals surface area contributed by atoms with Gasteiger partial charge in [0.1, 0.15) is 0 Å². The zero-order chi connectivity index (χ0) is 13.8. The Labute approximate surface area is 105 Å². The van der Waals surface area contributed by atoms with E-state index in [0.29, 0.717) is 5.56 Å². The maximum atomic E-state index is 13.7. The molecule has 0 N–H and O–H groups in total. The van der Waals surface area contributed by atoms with Crippen molar-refractivity contribution < 1.29 is 18.3 Å². The summed E-state index contributed by atoms with van der Waals surface area (Å²) in [6.07, 6.45) is 0. The molecule has 0 saturated carbocycles. The Kier molecular flexibility index (Phi) is 4.59. The minimum atomic E-state index is -3.08. The van der Waals surface area contributed by atoms with E-state index < -0.39 is 17.8 Å². The number of halogens is 2. The molecule has 0 bridgehead atoms. The van der Waals surface area contributed by atoms with E-state index in [9.17, 15) is 13.6 Å². The summed E-state index contributed by atoms with van der Waals surface area (Å²) >= 11 is 0. The molecule has 0 fully saturated rings. The molecule has 0 spiro atoms. The first kappa shape index (κ1) is 14.4. The fourth-order valence-corrected chi connectivity index (χ4v) is 1.79. The van der Waals surface area contributed by atoms with Gasteiger partial charge in [0.05, 0.1) is 12.5 Å². The lowest BCUT2D eigenvalue weighted by Gasteiger charge is -2.25. The molecule has 1 aromatic rings. The third kappa shape index (κ3) is 3.39. The zero-order valence-electron chi connectivity index (χ0n) is 10.5. The first-order valence-corrected chi connectivity index (χ1v) is 5.66. The first-order chi connectivity index (χ1) is 8.38. The van der Waals surface area contributed by atoms with Crippen LogP contribution in [-0.4, -0.2) is 18.5 Å². The number of benzene rings is 1. The minimum Gasteiger partial charge on any atom is -0.463 e. The van der Waals surface area contributed by atoms with Crippen molar-refractivity contribution in [3.63, 3.8) is 0 Å². The van der Waals surface area contributed by atoms with Crippen molar-refractivity contribution in [2.24, 2.45) is 0 Å². The lowest BCUT2D eigenvalue weighted by Crippen LogP contribution is -2.28. The largest absolute Gasteiger partial charge is 0.463 e. The Morgan fingerprint density at radius 2 is 1.94 bits per heavy atom. The smallest absolute Gasteiger partial charge is 0.334 e. The summed E-state index contributed by atoms with van der Waals surface area (Å²) < 4.78 is 32.0. The minimum absolute atomic E-state index is 0.134. The van der Waals surface area contributed by atoms with Crippen molar-refractivity contribution in [3.05, 3.63) is 48.0 Å². The number of carbonyl (C=O) groups excluding carboxylic acids is 1. The molecule has 0 aliphatic rings. The van der Waals surface area contributed by atoms with Crippen molar-refractivity contribution in [2.45, 2.75) is 25.7 Å². The molecule has 0 amide bonds. The van der Waals surface area contributed by atoms with Crippen LogP contribution in [0.5, 0.6) is 0 Å². The Hall–Kier alpha value is -1.71. The van der Waals surface area contributed by atoms with Gasteiger partial charge in [-0.25, -0.2) is 13.6 Å². The van der Waals surface area contributed by atoms with Gasteiger partial charge in [0.15, 0.2) is 0 Å². The van der Waals surface area contributed by atoms with Crippen molar-refractivity contribution in [1.29, 1.82) is 0 Å². The Bertz CT molecular complexity index is 421. The van der Waals surface area contributed by atoms with Gasteiger partial charge in [-0.1, -0.05) is 36.9 Å². The number of esters is 1. The second kappa shape index (κ2) is 5.76. The van der Waals surface area contributed by atoms with Gasteiger partial charge in [0.2, 0.25) is 0 Å². The van der Waals surface area contributed by atoms with Crippen molar-refractivity contribution in [3.8, 4) is 0 Å². The first-order valence-electron chi connectivity index (χ1n) is 5.66. The molecule has 0 aromatic heterocycles. The number of ether oxygens (including phenoxy) is 1. The van der Waals surface area contributed by atoms with Crippen LogP contribution in [0, 0.1) is 0 Å². The highest BCUT2D eigenvalue weighted by molar-refractivity contribution is 5.89. The van der Waals surface area contributed by atoms with Gasteiger partial charge in [-0.15, -0.1) is 0 Å². The molecular weight excluding hydrogens is 238 g/mol. The van der Waals surface area contributed by atoms with Crippen molar-refractivity contribution >= 4 is 5.97 Å². The van der Waals surface area contributed by atoms with E-state index in [4.69, 9.17) is 4.74 Å². The highest BCUT2D eigenvalue weighted by Crippen LogP contribution is 2.38. The maximum Gasteiger partial charge on any atom is 0.334 e. The summed E-state index contributed by atoms with van der Waals surface area (Å²) in [5.74, 6) is -5.23. The molecule has 0 unspecified atom stereocenters. The van der Waals surface area contributed by atoms with Crippen LogP contribution in [0.15, 0.2) is 42.5 Å². The van der Waals surface area contributed by atoms with E-state index in [1.54, 1.807) is 37.3 Å². The second-order valence-corrected chi connectivity index (χ2v) is 4.05. The number of rotatable bonds is 5. The highest BCUT2D eigenvalue weighted by Gasteiger charge is 2.40. The van der Waals surface area contributed by atoms with Crippen molar-refractivity contribution in [2.75, 3.05) is 6.61 Å². The van der Waals surface area contributed by atoms with Gasteiger partial charge in [-0.3, -0.25) is 0 Å². The Morgan fingerprint density at radius 1 is 1.39 bits per heavy atom. The number of hydrogen-bond donors (Lipinski definition) is 0. The van der Waals surface area contributed by atoms with Gasteiger partial charge in [0, 0.05) is 12.5 Å². The van der Waals surface area contributed by atoms with Crippen LogP contribution >= 0.6 is 0 Å². The lowest BCUT2D eigenvalue weighted by molar-refractivity contribution is -0.140. The van der Waals surface area contributed by atoms with Gasteiger partial charge < -0.3 is 4.74 Å². The normalized spacial score (nSPS) is 12.9. The predicted octanol–water partition coefficient (Wildman–Crippen LogP) is 3.54. The molecule has 18 heavy (non-hydrogen) atoms. The molecule has 98 valence electrons. The summed E-state index contributed by atoms with van der Waals surface area (Å²) in [7, 11) is 0. The maximum absolute atomic E-state index is 13.7. The van der Waals surface area contributed by atoms with Crippen molar-refractivity contribution in [1.82, 2.24) is 0 Å². The molecule has 4 heteroatoms. The third-order valence-electron chi connectivity index (χ3n) is 2.53. The van der Waals surface area contributed by atoms with Crippen LogP contribution in [-0.2, 0) is 9.53 Å². The quantitative estimate of drug-likeness (QED) is 0.593. The third-order valence-corrected chi connectivity index (χ3v) is 2.53. The van der Waals surface area contributed by atoms with E-state index in [-0.39, 0.29) is 12.2 Å². The Morgan fingerprint density at radius 3 is 2.39 bits per heavy atom. The van der Waals surface area contributed by atoms with E-state index >= 15 is 0 Å². The van der Waals surface area contributed by atoms with Gasteiger partial charge >= 0.3 is 5.97 Å². The molecule has 0 radical (unpaired) electrons. The molecule has 1 atom stereocenters. The molecule has 0 heterocycles. The fraction of sp³-hybridized carbons (Fsp3) is 0.357. The van der Waals surface area contributed by atoms with E-state index in [0.717, 1.165) is 6.92 Å². The van der Waals surface area contributed by atoms with E-state index in [2.05, 4.69) is 6.58 Å². The average Bonchev–Trinajstić information content (AvgIpc) is 2.29. The number of carbonyl (C=O) groups is 1. The van der Waals surface area contributed by atoms with Gasteiger partial charge in [-0.2, -0.15) is 0 Å². The van der Waals surface area contributed by atoms with Gasteiger partial charge in [0.25, 0.3) is 5.92 Å². The molecule has 1 rings (SSSR count). The standard InChI is InChI=1S/C14H16F2O2/c1-4-18-13(17)10(2)12(14(3,15)16)11-8-6-5-7-9-11/h5-9,12H,2,4H2,1,3H3/t12-/m1/s1. The van der Waals surface area contributed by atoms with E-state index in [1.807, 2.05) is 0 Å². The SMILES string of the molecule is C=C(C(=O)OCC)[C@H](c1ccccc1)C(C)(F)F. The lowest BCUT2D eigenvalue weighted by atomic mass is 9.87. The molecule has 0 aliphatic carbocycles. The second-order valence-electron chi connectivity index (χ2n) is 4.05. The molecule has 1 aromatic carbocycles. The molecule has 0 aliphatic heterocycles. The summed E-state index contributed by atoms with van der Waals surface area (Å²) in [6, 6.07) is 8.11. The van der Waals surface area contributed by atoms with Crippen LogP contribution in [0.2, 0.25) is 0 Å². The topological polar surface area (TPSA) is 26.3 Å². The summed E-state index contributed by atoms with van der Waals surface area (Å²) in [5.41, 5.74) is 0.124. The molecule has 2 nitrogen and oxygen atoms in total. The number of hydrogen-bond acceptors (Lipinski definition) is 2. The Balaban J connectivity index is 3.08. The van der Waals surface area contributed by atoms with Crippen LogP contribution in [0.4, 0.5) is 8.78 Å². The van der Waals surface area contributed by atoms with Crippen LogP contribution in [0.25, 0.3) is 0 Å². The fourth-order valence-electron chi connectivity index (χ4n) is 1.79. The van der Waals surface area contributed by atoms with Crippen LogP contribution < -0.4 is 0 Å². The summed E-state index contributed by atoms with van der Waals surface area (Å²) in [6.45, 7) is 5.99. The predicted molar refractivity (Wildman–Crippen MR) is 65.6 cm³/mol. The summed E-state index contributed by atoms with van der Waals surface area (Å²) in [4.78, 5) is 11.5. The van der Waals surface area contributed by atoms with Gasteiger partial charge in [-0.05, 0) is 12.5 Å². The number of alkyl halides is 2.